The summed E-state index contributed by atoms with van der Waals surface area (Å²) in [6, 6.07) is 6.36. The lowest BCUT2D eigenvalue weighted by Gasteiger charge is -2.35. The first-order chi connectivity index (χ1) is 14.3. The van der Waals surface area contributed by atoms with Crippen LogP contribution in [0.15, 0.2) is 29.3 Å². The average molecular weight is 559 g/mol. The summed E-state index contributed by atoms with van der Waals surface area (Å²) in [6.07, 6.45) is -3.57. The lowest BCUT2D eigenvalue weighted by atomic mass is 10.0. The lowest BCUT2D eigenvalue weighted by Crippen LogP contribution is -2.49. The number of aliphatic imine (C=N–C) groups is 1. The number of alkyl halides is 3. The van der Waals surface area contributed by atoms with E-state index in [1.54, 1.807) is 13.1 Å². The van der Waals surface area contributed by atoms with Crippen molar-refractivity contribution >= 4 is 29.9 Å². The number of rotatable bonds is 6. The minimum atomic E-state index is -4.19. The van der Waals surface area contributed by atoms with Crippen LogP contribution in [-0.4, -0.2) is 87.5 Å². The molecular formula is C20H30F4IN5O. The third kappa shape index (κ3) is 8.35. The van der Waals surface area contributed by atoms with E-state index >= 15 is 0 Å². The van der Waals surface area contributed by atoms with E-state index in [9.17, 15) is 17.6 Å². The molecule has 31 heavy (non-hydrogen) atoms. The molecule has 2 saturated heterocycles. The van der Waals surface area contributed by atoms with E-state index in [1.165, 1.54) is 17.0 Å². The van der Waals surface area contributed by atoms with E-state index in [1.807, 2.05) is 6.07 Å². The van der Waals surface area contributed by atoms with Gasteiger partial charge in [0.05, 0.1) is 25.8 Å². The molecular weight excluding hydrogens is 529 g/mol. The molecule has 2 N–H and O–H groups in total. The van der Waals surface area contributed by atoms with E-state index in [2.05, 4.69) is 20.5 Å². The van der Waals surface area contributed by atoms with Gasteiger partial charge in [-0.05, 0) is 24.1 Å². The fourth-order valence-corrected chi connectivity index (χ4v) is 3.99. The number of nitrogens with zero attached hydrogens (tertiary/aromatic N) is 3. The normalized spacial score (nSPS) is 22.1. The van der Waals surface area contributed by atoms with Crippen LogP contribution in [0.25, 0.3) is 0 Å². The zero-order chi connectivity index (χ0) is 21.6. The van der Waals surface area contributed by atoms with Crippen LogP contribution in [0.3, 0.4) is 0 Å². The minimum absolute atomic E-state index is 0. The topological polar surface area (TPSA) is 52.1 Å². The van der Waals surface area contributed by atoms with Gasteiger partial charge in [0.1, 0.15) is 5.82 Å². The molecule has 2 atom stereocenters. The van der Waals surface area contributed by atoms with E-state index < -0.39 is 12.7 Å². The molecule has 2 unspecified atom stereocenters. The van der Waals surface area contributed by atoms with E-state index in [0.717, 1.165) is 18.7 Å². The summed E-state index contributed by atoms with van der Waals surface area (Å²) in [5, 5.41) is 6.48. The van der Waals surface area contributed by atoms with Crippen LogP contribution in [-0.2, 0) is 4.74 Å². The minimum Gasteiger partial charge on any atom is -0.379 e. The van der Waals surface area contributed by atoms with Gasteiger partial charge in [-0.2, -0.15) is 13.2 Å². The Bertz CT molecular complexity index is 715. The van der Waals surface area contributed by atoms with Gasteiger partial charge < -0.3 is 15.4 Å². The highest BCUT2D eigenvalue weighted by atomic mass is 127. The molecule has 0 spiro atoms. The quantitative estimate of drug-likeness (QED) is 0.243. The second-order valence-electron chi connectivity index (χ2n) is 7.65. The molecule has 2 aliphatic rings. The first-order valence-corrected chi connectivity index (χ1v) is 10.2. The summed E-state index contributed by atoms with van der Waals surface area (Å²) in [7, 11) is 1.63. The Hall–Kier alpha value is -1.18. The molecule has 2 aliphatic heterocycles. The van der Waals surface area contributed by atoms with Crippen LogP contribution in [0.1, 0.15) is 18.0 Å². The fourth-order valence-electron chi connectivity index (χ4n) is 3.99. The summed E-state index contributed by atoms with van der Waals surface area (Å²) in [4.78, 5) is 7.85. The maximum atomic E-state index is 13.8. The Kier molecular flexibility index (Phi) is 10.2. The monoisotopic (exact) mass is 559 g/mol. The molecule has 0 radical (unpaired) electrons. The molecule has 1 aromatic carbocycles. The number of benzene rings is 1. The lowest BCUT2D eigenvalue weighted by molar-refractivity contribution is -0.143. The van der Waals surface area contributed by atoms with Gasteiger partial charge in [0.2, 0.25) is 0 Å². The van der Waals surface area contributed by atoms with Gasteiger partial charge in [-0.1, -0.05) is 12.1 Å². The largest absolute Gasteiger partial charge is 0.401 e. The van der Waals surface area contributed by atoms with E-state index in [4.69, 9.17) is 4.74 Å². The highest BCUT2D eigenvalue weighted by Gasteiger charge is 2.34. The highest BCUT2D eigenvalue weighted by Crippen LogP contribution is 2.22. The van der Waals surface area contributed by atoms with Gasteiger partial charge >= 0.3 is 6.18 Å². The van der Waals surface area contributed by atoms with Gasteiger partial charge in [-0.15, -0.1) is 24.0 Å². The summed E-state index contributed by atoms with van der Waals surface area (Å²) < 4.78 is 57.0. The molecule has 0 saturated carbocycles. The number of ether oxygens (including phenoxy) is 1. The van der Waals surface area contributed by atoms with Crippen molar-refractivity contribution in [1.82, 2.24) is 20.4 Å². The highest BCUT2D eigenvalue weighted by molar-refractivity contribution is 14.0. The van der Waals surface area contributed by atoms with Crippen molar-refractivity contribution in [3.05, 3.63) is 35.6 Å². The zero-order valence-corrected chi connectivity index (χ0v) is 19.8. The number of hydrogen-bond donors (Lipinski definition) is 2. The smallest absolute Gasteiger partial charge is 0.379 e. The predicted molar refractivity (Wildman–Crippen MR) is 122 cm³/mol. The third-order valence-corrected chi connectivity index (χ3v) is 5.42. The molecule has 0 amide bonds. The van der Waals surface area contributed by atoms with Gasteiger partial charge in [-0.25, -0.2) is 4.39 Å². The number of nitrogens with one attached hydrogen (secondary N) is 2. The van der Waals surface area contributed by atoms with Crippen molar-refractivity contribution in [2.75, 3.05) is 59.5 Å². The van der Waals surface area contributed by atoms with Crippen LogP contribution in [0.4, 0.5) is 17.6 Å². The summed E-state index contributed by atoms with van der Waals surface area (Å²) >= 11 is 0. The number of likely N-dealkylation sites (tertiary alicyclic amines) is 1. The Labute approximate surface area is 197 Å². The van der Waals surface area contributed by atoms with Gasteiger partial charge in [0.15, 0.2) is 5.96 Å². The first kappa shape index (κ1) is 26.1. The number of halogens is 5. The van der Waals surface area contributed by atoms with Gasteiger partial charge in [0.25, 0.3) is 0 Å². The van der Waals surface area contributed by atoms with Crippen LogP contribution >= 0.6 is 24.0 Å². The molecule has 176 valence electrons. The second-order valence-corrected chi connectivity index (χ2v) is 7.65. The first-order valence-electron chi connectivity index (χ1n) is 10.2. The number of hydrogen-bond acceptors (Lipinski definition) is 4. The second kappa shape index (κ2) is 12.2. The SMILES string of the molecule is CN=C(NCC(c1cccc(F)c1)N1CCOCC1)NC1CCN(CC(F)(F)F)C1.I. The van der Waals surface area contributed by atoms with Gasteiger partial charge in [-0.3, -0.25) is 14.8 Å². The van der Waals surface area contributed by atoms with Crippen LogP contribution < -0.4 is 10.6 Å². The Morgan fingerprint density at radius 1 is 1.26 bits per heavy atom. The van der Waals surface area contributed by atoms with Crippen LogP contribution in [0, 0.1) is 5.82 Å². The van der Waals surface area contributed by atoms with Crippen molar-refractivity contribution in [3.8, 4) is 0 Å². The number of morpholine rings is 1. The van der Waals surface area contributed by atoms with Crippen molar-refractivity contribution in [2.24, 2.45) is 4.99 Å². The molecule has 0 aromatic heterocycles. The zero-order valence-electron chi connectivity index (χ0n) is 17.5. The standard InChI is InChI=1S/C20H29F4N5O.HI/c1-25-19(27-17-5-6-28(13-17)14-20(22,23)24)26-12-18(29-7-9-30-10-8-29)15-3-2-4-16(21)11-15;/h2-4,11,17-18H,5-10,12-14H2,1H3,(H2,25,26,27);1H. The average Bonchev–Trinajstić information content (AvgIpc) is 3.13. The van der Waals surface area contributed by atoms with E-state index in [-0.39, 0.29) is 41.9 Å². The molecule has 0 aliphatic carbocycles. The van der Waals surface area contributed by atoms with Crippen LogP contribution in [0.5, 0.6) is 0 Å². The van der Waals surface area contributed by atoms with Crippen molar-refractivity contribution in [3.63, 3.8) is 0 Å². The molecule has 2 heterocycles. The maximum absolute atomic E-state index is 13.8. The van der Waals surface area contributed by atoms with Gasteiger partial charge in [0, 0.05) is 45.8 Å². The molecule has 11 heteroatoms. The third-order valence-electron chi connectivity index (χ3n) is 5.42. The maximum Gasteiger partial charge on any atom is 0.401 e. The number of guanidine groups is 1. The Morgan fingerprint density at radius 3 is 2.65 bits per heavy atom. The summed E-state index contributed by atoms with van der Waals surface area (Å²) in [5.74, 6) is 0.243. The molecule has 1 aromatic rings. The Morgan fingerprint density at radius 2 is 2.00 bits per heavy atom. The predicted octanol–water partition coefficient (Wildman–Crippen LogP) is 2.62. The van der Waals surface area contributed by atoms with Crippen molar-refractivity contribution < 1.29 is 22.3 Å². The summed E-state index contributed by atoms with van der Waals surface area (Å²) in [5.41, 5.74) is 0.858. The molecule has 6 nitrogen and oxygen atoms in total. The van der Waals surface area contributed by atoms with E-state index in [0.29, 0.717) is 45.2 Å². The Balaban J connectivity index is 0.00000341. The molecule has 2 fully saturated rings. The molecule has 3 rings (SSSR count). The molecule has 0 bridgehead atoms. The van der Waals surface area contributed by atoms with Crippen LogP contribution in [0.2, 0.25) is 0 Å². The fraction of sp³-hybridized carbons (Fsp3) is 0.650. The van der Waals surface area contributed by atoms with Crippen molar-refractivity contribution in [2.45, 2.75) is 24.7 Å². The van der Waals surface area contributed by atoms with Crippen molar-refractivity contribution in [1.29, 1.82) is 0 Å². The summed E-state index contributed by atoms with van der Waals surface area (Å²) in [6.45, 7) is 3.03.